The smallest absolute Gasteiger partial charge is 0.264 e. The summed E-state index contributed by atoms with van der Waals surface area (Å²) in [5.74, 6) is -1.77. The molecule has 0 spiro atoms. The van der Waals surface area contributed by atoms with Crippen LogP contribution in [-0.4, -0.2) is 79.3 Å². The fraction of sp³-hybridized carbons (Fsp3) is 0.414. The van der Waals surface area contributed by atoms with Crippen LogP contribution in [0.2, 0.25) is 0 Å². The van der Waals surface area contributed by atoms with Gasteiger partial charge in [0.25, 0.3) is 12.3 Å². The van der Waals surface area contributed by atoms with E-state index in [1.54, 1.807) is 0 Å². The standard InChI is InChI=1S/C29H32F4N6O2/c1-17-15-39(16-18(2)37(17)3)26-12-24(31)22(19-13-34-29(35-14-19)38-6-8-41-9-7-38)11-25(26)36-28(40)21-5-4-20(30)10-23(21)27(32)33/h4-5,10-14,17-18,27H,6-9,15-16H2,1-3H3,(H,36,40)/t17-,18+. The summed E-state index contributed by atoms with van der Waals surface area (Å²) in [6.07, 6.45) is -0.0386. The van der Waals surface area contributed by atoms with Crippen LogP contribution in [-0.2, 0) is 4.74 Å². The first-order valence-electron chi connectivity index (χ1n) is 13.5. The van der Waals surface area contributed by atoms with Crippen LogP contribution in [0.1, 0.15) is 36.2 Å². The van der Waals surface area contributed by atoms with E-state index in [1.807, 2.05) is 30.7 Å². The van der Waals surface area contributed by atoms with E-state index in [9.17, 15) is 18.0 Å². The number of hydrogen-bond donors (Lipinski definition) is 1. The molecule has 1 aromatic heterocycles. The molecule has 1 amide bonds. The van der Waals surface area contributed by atoms with Gasteiger partial charge in [-0.3, -0.25) is 9.69 Å². The van der Waals surface area contributed by atoms with Gasteiger partial charge in [0.15, 0.2) is 0 Å². The summed E-state index contributed by atoms with van der Waals surface area (Å²) in [6.45, 7) is 7.62. The quantitative estimate of drug-likeness (QED) is 0.418. The molecule has 8 nitrogen and oxygen atoms in total. The molecule has 2 atom stereocenters. The zero-order chi connectivity index (χ0) is 29.3. The summed E-state index contributed by atoms with van der Waals surface area (Å²) in [6, 6.07) is 5.69. The van der Waals surface area contributed by atoms with E-state index >= 15 is 4.39 Å². The number of hydrogen-bond acceptors (Lipinski definition) is 7. The molecule has 2 aliphatic rings. The van der Waals surface area contributed by atoms with Gasteiger partial charge in [-0.05, 0) is 51.2 Å². The van der Waals surface area contributed by atoms with Crippen molar-refractivity contribution < 1.29 is 27.1 Å². The van der Waals surface area contributed by atoms with Crippen molar-refractivity contribution in [3.8, 4) is 11.1 Å². The maximum absolute atomic E-state index is 15.7. The van der Waals surface area contributed by atoms with E-state index in [0.29, 0.717) is 62.7 Å². The Morgan fingerprint density at radius 3 is 2.29 bits per heavy atom. The molecule has 3 aromatic rings. The molecule has 2 aromatic carbocycles. The van der Waals surface area contributed by atoms with Crippen LogP contribution in [0.5, 0.6) is 0 Å². The van der Waals surface area contributed by atoms with E-state index in [1.165, 1.54) is 24.5 Å². The number of piperazine rings is 1. The molecular formula is C29H32F4N6O2. The third-order valence-corrected chi connectivity index (χ3v) is 7.77. The second kappa shape index (κ2) is 12.0. The topological polar surface area (TPSA) is 73.8 Å². The summed E-state index contributed by atoms with van der Waals surface area (Å²) >= 11 is 0. The average Bonchev–Trinajstić information content (AvgIpc) is 2.96. The van der Waals surface area contributed by atoms with Gasteiger partial charge in [-0.1, -0.05) is 0 Å². The summed E-state index contributed by atoms with van der Waals surface area (Å²) in [7, 11) is 2.01. The highest BCUT2D eigenvalue weighted by molar-refractivity contribution is 6.07. The number of nitrogens with one attached hydrogen (secondary N) is 1. The maximum atomic E-state index is 15.7. The first kappa shape index (κ1) is 28.7. The van der Waals surface area contributed by atoms with Crippen LogP contribution >= 0.6 is 0 Å². The molecule has 2 aliphatic heterocycles. The van der Waals surface area contributed by atoms with Crippen LogP contribution in [0.4, 0.5) is 34.9 Å². The number of carbonyl (C=O) groups excluding carboxylic acids is 1. The number of alkyl halides is 2. The van der Waals surface area contributed by atoms with Crippen LogP contribution < -0.4 is 15.1 Å². The van der Waals surface area contributed by atoms with Crippen molar-refractivity contribution >= 4 is 23.2 Å². The van der Waals surface area contributed by atoms with Gasteiger partial charge >= 0.3 is 0 Å². The number of likely N-dealkylation sites (N-methyl/N-ethyl adjacent to an activating group) is 1. The monoisotopic (exact) mass is 572 g/mol. The molecule has 0 unspecified atom stereocenters. The molecule has 5 rings (SSSR count). The second-order valence-corrected chi connectivity index (χ2v) is 10.5. The van der Waals surface area contributed by atoms with Crippen LogP contribution in [0.15, 0.2) is 42.7 Å². The zero-order valence-electron chi connectivity index (χ0n) is 23.1. The Morgan fingerprint density at radius 1 is 1.00 bits per heavy atom. The summed E-state index contributed by atoms with van der Waals surface area (Å²) in [5.41, 5.74) is 0.0877. The molecule has 2 saturated heterocycles. The molecule has 0 aliphatic carbocycles. The predicted octanol–water partition coefficient (Wildman–Crippen LogP) is 4.98. The predicted molar refractivity (Wildman–Crippen MR) is 149 cm³/mol. The van der Waals surface area contributed by atoms with Gasteiger partial charge < -0.3 is 19.9 Å². The normalized spacial score (nSPS) is 20.0. The van der Waals surface area contributed by atoms with E-state index in [0.717, 1.165) is 12.1 Å². The first-order valence-corrected chi connectivity index (χ1v) is 13.5. The number of ether oxygens (including phenoxy) is 1. The van der Waals surface area contributed by atoms with Crippen molar-refractivity contribution in [2.75, 3.05) is 61.6 Å². The third-order valence-electron chi connectivity index (χ3n) is 7.77. The summed E-state index contributed by atoms with van der Waals surface area (Å²) in [5, 5.41) is 2.70. The first-order chi connectivity index (χ1) is 19.6. The van der Waals surface area contributed by atoms with Crippen molar-refractivity contribution in [1.82, 2.24) is 14.9 Å². The fourth-order valence-electron chi connectivity index (χ4n) is 5.24. The Labute approximate surface area is 235 Å². The number of benzene rings is 2. The van der Waals surface area contributed by atoms with Crippen molar-refractivity contribution in [2.24, 2.45) is 0 Å². The molecular weight excluding hydrogens is 540 g/mol. The van der Waals surface area contributed by atoms with Gasteiger partial charge in [0.1, 0.15) is 11.6 Å². The van der Waals surface area contributed by atoms with Gasteiger partial charge in [0, 0.05) is 72.9 Å². The third kappa shape index (κ3) is 6.13. The molecule has 218 valence electrons. The highest BCUT2D eigenvalue weighted by atomic mass is 19.3. The largest absolute Gasteiger partial charge is 0.378 e. The second-order valence-electron chi connectivity index (χ2n) is 10.5. The molecule has 12 heteroatoms. The zero-order valence-corrected chi connectivity index (χ0v) is 23.1. The fourth-order valence-corrected chi connectivity index (χ4v) is 5.24. The van der Waals surface area contributed by atoms with Gasteiger partial charge in [-0.25, -0.2) is 27.5 Å². The van der Waals surface area contributed by atoms with Crippen molar-refractivity contribution in [3.63, 3.8) is 0 Å². The Bertz CT molecular complexity index is 1390. The molecule has 1 N–H and O–H groups in total. The van der Waals surface area contributed by atoms with Crippen molar-refractivity contribution in [2.45, 2.75) is 32.4 Å². The molecule has 2 fully saturated rings. The van der Waals surface area contributed by atoms with E-state index < -0.39 is 29.5 Å². The number of carbonyl (C=O) groups is 1. The number of rotatable bonds is 6. The number of nitrogens with zero attached hydrogens (tertiary/aromatic N) is 5. The molecule has 0 saturated carbocycles. The number of morpholine rings is 1. The lowest BCUT2D eigenvalue weighted by Gasteiger charge is -2.44. The van der Waals surface area contributed by atoms with Crippen LogP contribution in [0, 0.1) is 11.6 Å². The van der Waals surface area contributed by atoms with Gasteiger partial charge in [-0.2, -0.15) is 0 Å². The highest BCUT2D eigenvalue weighted by Gasteiger charge is 2.30. The Hall–Kier alpha value is -3.77. The lowest BCUT2D eigenvalue weighted by Crippen LogP contribution is -2.55. The van der Waals surface area contributed by atoms with Crippen molar-refractivity contribution in [1.29, 1.82) is 0 Å². The number of anilines is 3. The minimum atomic E-state index is -3.06. The Morgan fingerprint density at radius 2 is 1.66 bits per heavy atom. The van der Waals surface area contributed by atoms with Gasteiger partial charge in [0.05, 0.1) is 24.6 Å². The highest BCUT2D eigenvalue weighted by Crippen LogP contribution is 2.36. The van der Waals surface area contributed by atoms with E-state index in [4.69, 9.17) is 4.74 Å². The summed E-state index contributed by atoms with van der Waals surface area (Å²) < 4.78 is 62.1. The minimum Gasteiger partial charge on any atom is -0.378 e. The lowest BCUT2D eigenvalue weighted by molar-refractivity contribution is 0.101. The lowest BCUT2D eigenvalue weighted by atomic mass is 10.0. The molecule has 3 heterocycles. The number of amides is 1. The average molecular weight is 573 g/mol. The van der Waals surface area contributed by atoms with Gasteiger partial charge in [0.2, 0.25) is 5.95 Å². The molecule has 0 bridgehead atoms. The van der Waals surface area contributed by atoms with E-state index in [-0.39, 0.29) is 28.9 Å². The van der Waals surface area contributed by atoms with Gasteiger partial charge in [-0.15, -0.1) is 0 Å². The van der Waals surface area contributed by atoms with E-state index in [2.05, 4.69) is 20.2 Å². The number of aromatic nitrogens is 2. The van der Waals surface area contributed by atoms with Crippen LogP contribution in [0.25, 0.3) is 11.1 Å². The number of halogens is 4. The Balaban J connectivity index is 1.53. The SMILES string of the molecule is C[C@@H]1CN(c2cc(F)c(-c3cnc(N4CCOCC4)nc3)cc2NC(=O)c2ccc(F)cc2C(F)F)C[C@H](C)N1C. The minimum absolute atomic E-state index is 0.133. The Kier molecular flexibility index (Phi) is 8.41. The molecule has 41 heavy (non-hydrogen) atoms. The molecule has 0 radical (unpaired) electrons. The summed E-state index contributed by atoms with van der Waals surface area (Å²) in [4.78, 5) is 28.3. The van der Waals surface area contributed by atoms with Crippen LogP contribution in [0.3, 0.4) is 0 Å². The maximum Gasteiger partial charge on any atom is 0.264 e. The van der Waals surface area contributed by atoms with Crippen molar-refractivity contribution in [3.05, 3.63) is 65.5 Å².